The molecule has 31 heavy (non-hydrogen) atoms. The van der Waals surface area contributed by atoms with Crippen LogP contribution in [0.2, 0.25) is 0 Å². The number of benzene rings is 2. The summed E-state index contributed by atoms with van der Waals surface area (Å²) in [7, 11) is 0. The van der Waals surface area contributed by atoms with Crippen molar-refractivity contribution in [3.8, 4) is 11.3 Å². The normalized spacial score (nSPS) is 15.2. The van der Waals surface area contributed by atoms with Gasteiger partial charge in [-0.3, -0.25) is 4.79 Å². The van der Waals surface area contributed by atoms with Gasteiger partial charge in [-0.2, -0.15) is 5.10 Å². The van der Waals surface area contributed by atoms with Gasteiger partial charge in [0, 0.05) is 18.0 Å². The molecule has 5 nitrogen and oxygen atoms in total. The Morgan fingerprint density at radius 2 is 2.03 bits per heavy atom. The summed E-state index contributed by atoms with van der Waals surface area (Å²) in [5, 5.41) is 8.71. The lowest BCUT2D eigenvalue weighted by molar-refractivity contribution is -0.119. The first-order chi connectivity index (χ1) is 15.1. The highest BCUT2D eigenvalue weighted by Crippen LogP contribution is 2.31. The molecule has 156 valence electrons. The van der Waals surface area contributed by atoms with Crippen molar-refractivity contribution in [1.82, 2.24) is 19.9 Å². The zero-order chi connectivity index (χ0) is 21.4. The van der Waals surface area contributed by atoms with Crippen LogP contribution in [0.4, 0.5) is 0 Å². The fraction of sp³-hybridized carbons (Fsp3) is 0.240. The van der Waals surface area contributed by atoms with Gasteiger partial charge in [-0.05, 0) is 61.1 Å². The van der Waals surface area contributed by atoms with Crippen LogP contribution in [-0.4, -0.2) is 26.3 Å². The van der Waals surface area contributed by atoms with Crippen molar-refractivity contribution in [2.75, 3.05) is 5.75 Å². The Morgan fingerprint density at radius 1 is 1.16 bits per heavy atom. The summed E-state index contributed by atoms with van der Waals surface area (Å²) >= 11 is 1.45. The van der Waals surface area contributed by atoms with Gasteiger partial charge >= 0.3 is 0 Å². The van der Waals surface area contributed by atoms with Crippen molar-refractivity contribution >= 4 is 23.2 Å². The van der Waals surface area contributed by atoms with E-state index in [1.54, 1.807) is 6.20 Å². The van der Waals surface area contributed by atoms with Crippen LogP contribution < -0.4 is 5.32 Å². The van der Waals surface area contributed by atoms with Gasteiger partial charge in [0.25, 0.3) is 0 Å². The molecule has 0 aliphatic heterocycles. The van der Waals surface area contributed by atoms with E-state index in [2.05, 4.69) is 60.5 Å². The minimum Gasteiger partial charge on any atom is -0.349 e. The number of aromatic nitrogens is 3. The molecule has 0 radical (unpaired) electrons. The van der Waals surface area contributed by atoms with Crippen molar-refractivity contribution in [1.29, 1.82) is 0 Å². The number of thioether (sulfide) groups is 1. The number of hydrogen-bond donors (Lipinski definition) is 1. The Balaban J connectivity index is 1.31. The summed E-state index contributed by atoms with van der Waals surface area (Å²) in [6.45, 7) is 4.22. The van der Waals surface area contributed by atoms with Gasteiger partial charge in [-0.1, -0.05) is 48.2 Å². The monoisotopic (exact) mass is 428 g/mol. The maximum atomic E-state index is 12.6. The summed E-state index contributed by atoms with van der Waals surface area (Å²) in [5.41, 5.74) is 8.00. The Bertz CT molecular complexity index is 1280. The van der Waals surface area contributed by atoms with Gasteiger partial charge in [0.15, 0.2) is 0 Å². The molecule has 2 aromatic carbocycles. The number of hydrogen-bond acceptors (Lipinski definition) is 4. The van der Waals surface area contributed by atoms with Crippen molar-refractivity contribution in [3.05, 3.63) is 83.2 Å². The van der Waals surface area contributed by atoms with Gasteiger partial charge in [0.1, 0.15) is 5.03 Å². The molecule has 2 heterocycles. The molecule has 1 aliphatic carbocycles. The minimum absolute atomic E-state index is 0.0319. The van der Waals surface area contributed by atoms with Gasteiger partial charge in [0.05, 0.1) is 23.0 Å². The third-order valence-corrected chi connectivity index (χ3v) is 6.96. The molecule has 0 fully saturated rings. The Kier molecular flexibility index (Phi) is 5.24. The molecule has 2 aromatic heterocycles. The van der Waals surface area contributed by atoms with E-state index in [0.717, 1.165) is 34.6 Å². The maximum Gasteiger partial charge on any atom is 0.230 e. The molecule has 5 rings (SSSR count). The Morgan fingerprint density at radius 3 is 2.90 bits per heavy atom. The van der Waals surface area contributed by atoms with Crippen molar-refractivity contribution in [2.24, 2.45) is 0 Å². The molecule has 6 heteroatoms. The summed E-state index contributed by atoms with van der Waals surface area (Å²) in [6, 6.07) is 16.9. The second-order valence-corrected chi connectivity index (χ2v) is 9.00. The average Bonchev–Trinajstić information content (AvgIpc) is 3.39. The highest BCUT2D eigenvalue weighted by atomic mass is 32.2. The fourth-order valence-corrected chi connectivity index (χ4v) is 4.91. The first-order valence-electron chi connectivity index (χ1n) is 10.5. The number of carbonyl (C=O) groups is 1. The summed E-state index contributed by atoms with van der Waals surface area (Å²) in [6.07, 6.45) is 5.56. The lowest BCUT2D eigenvalue weighted by Crippen LogP contribution is -2.28. The molecule has 0 saturated carbocycles. The van der Waals surface area contributed by atoms with E-state index in [0.29, 0.717) is 5.75 Å². The average molecular weight is 429 g/mol. The van der Waals surface area contributed by atoms with E-state index >= 15 is 0 Å². The first kappa shape index (κ1) is 19.8. The van der Waals surface area contributed by atoms with Crippen LogP contribution in [0.5, 0.6) is 0 Å². The van der Waals surface area contributed by atoms with Crippen molar-refractivity contribution in [2.45, 2.75) is 37.8 Å². The highest BCUT2D eigenvalue weighted by molar-refractivity contribution is 8.00. The van der Waals surface area contributed by atoms with Crippen molar-refractivity contribution in [3.63, 3.8) is 0 Å². The van der Waals surface area contributed by atoms with Crippen LogP contribution >= 0.6 is 11.8 Å². The molecule has 1 atom stereocenters. The van der Waals surface area contributed by atoms with E-state index in [1.165, 1.54) is 34.0 Å². The molecular weight excluding hydrogens is 404 g/mol. The lowest BCUT2D eigenvalue weighted by atomic mass is 10.0. The second-order valence-electron chi connectivity index (χ2n) is 8.04. The van der Waals surface area contributed by atoms with Crippen LogP contribution in [-0.2, 0) is 11.2 Å². The molecule has 0 bridgehead atoms. The maximum absolute atomic E-state index is 12.6. The van der Waals surface area contributed by atoms with Crippen LogP contribution in [0.15, 0.2) is 66.0 Å². The number of rotatable bonds is 5. The van der Waals surface area contributed by atoms with E-state index in [-0.39, 0.29) is 11.9 Å². The number of carbonyl (C=O) groups excluding carboxylic acids is 1. The number of aryl methyl sites for hydroxylation is 3. The molecule has 1 N–H and O–H groups in total. The van der Waals surface area contributed by atoms with Gasteiger partial charge < -0.3 is 5.32 Å². The molecule has 1 amide bonds. The van der Waals surface area contributed by atoms with Gasteiger partial charge in [0.2, 0.25) is 5.91 Å². The van der Waals surface area contributed by atoms with Gasteiger partial charge in [-0.25, -0.2) is 9.50 Å². The Hall–Kier alpha value is -3.12. The molecule has 1 aliphatic rings. The molecular formula is C25H24N4OS. The quantitative estimate of drug-likeness (QED) is 0.459. The Labute approximate surface area is 185 Å². The van der Waals surface area contributed by atoms with Crippen LogP contribution in [0.3, 0.4) is 0 Å². The number of fused-ring (bicyclic) bond motifs is 2. The van der Waals surface area contributed by atoms with E-state index in [9.17, 15) is 4.79 Å². The van der Waals surface area contributed by atoms with E-state index in [1.807, 2.05) is 22.8 Å². The number of nitrogens with one attached hydrogen (secondary N) is 1. The topological polar surface area (TPSA) is 59.3 Å². The molecule has 1 unspecified atom stereocenters. The predicted molar refractivity (Wildman–Crippen MR) is 124 cm³/mol. The molecule has 0 saturated heterocycles. The lowest BCUT2D eigenvalue weighted by Gasteiger charge is -2.14. The van der Waals surface area contributed by atoms with Crippen LogP contribution in [0, 0.1) is 13.8 Å². The molecule has 0 spiro atoms. The van der Waals surface area contributed by atoms with Gasteiger partial charge in [-0.15, -0.1) is 0 Å². The number of nitrogens with zero attached hydrogens (tertiary/aromatic N) is 3. The fourth-order valence-electron chi connectivity index (χ4n) is 4.13. The van der Waals surface area contributed by atoms with Crippen LogP contribution in [0.25, 0.3) is 16.8 Å². The van der Waals surface area contributed by atoms with E-state index < -0.39 is 0 Å². The third-order valence-electron chi connectivity index (χ3n) is 5.97. The van der Waals surface area contributed by atoms with Crippen LogP contribution in [0.1, 0.15) is 34.7 Å². The zero-order valence-electron chi connectivity index (χ0n) is 17.6. The highest BCUT2D eigenvalue weighted by Gasteiger charge is 2.23. The second kappa shape index (κ2) is 8.19. The summed E-state index contributed by atoms with van der Waals surface area (Å²) in [5.74, 6) is 0.361. The molecule has 4 aromatic rings. The zero-order valence-corrected chi connectivity index (χ0v) is 18.4. The SMILES string of the molecule is Cc1ccc(-c2cc3c(SCC(=O)NC4CCc5ccccc54)nccn3n2)cc1C. The first-order valence-corrected chi connectivity index (χ1v) is 11.5. The smallest absolute Gasteiger partial charge is 0.230 e. The van der Waals surface area contributed by atoms with Crippen molar-refractivity contribution < 1.29 is 4.79 Å². The number of amides is 1. The summed E-state index contributed by atoms with van der Waals surface area (Å²) < 4.78 is 1.84. The third kappa shape index (κ3) is 3.95. The summed E-state index contributed by atoms with van der Waals surface area (Å²) in [4.78, 5) is 17.1. The minimum atomic E-state index is 0.0319. The standard InChI is InChI=1S/C25H24N4OS/c1-16-7-8-19(13-17(16)2)22-14-23-25(26-11-12-29(23)28-22)31-15-24(30)27-21-10-9-18-5-3-4-6-20(18)21/h3-8,11-14,21H,9-10,15H2,1-2H3,(H,27,30). The largest absolute Gasteiger partial charge is 0.349 e. The van der Waals surface area contributed by atoms with E-state index in [4.69, 9.17) is 5.10 Å². The predicted octanol–water partition coefficient (Wildman–Crippen LogP) is 4.91.